The van der Waals surface area contributed by atoms with Gasteiger partial charge in [-0.05, 0) is 37.6 Å². The molecule has 0 bridgehead atoms. The SMILES string of the molecule is CN(CC(N)=O)CC(=O)N(Cc1ccc(F)cc1)C1CCCCC1. The lowest BCUT2D eigenvalue weighted by atomic mass is 9.93. The molecule has 1 saturated carbocycles. The van der Waals surface area contributed by atoms with Gasteiger partial charge in [-0.1, -0.05) is 31.4 Å². The number of likely N-dealkylation sites (N-methyl/N-ethyl adjacent to an activating group) is 1. The molecular weight excluding hydrogens is 309 g/mol. The first-order valence-corrected chi connectivity index (χ1v) is 8.46. The first-order valence-electron chi connectivity index (χ1n) is 8.46. The summed E-state index contributed by atoms with van der Waals surface area (Å²) in [6.45, 7) is 0.676. The van der Waals surface area contributed by atoms with Gasteiger partial charge in [0.25, 0.3) is 0 Å². The summed E-state index contributed by atoms with van der Waals surface area (Å²) in [5.41, 5.74) is 6.09. The Bertz CT molecular complexity index is 556. The van der Waals surface area contributed by atoms with Crippen molar-refractivity contribution in [1.82, 2.24) is 9.80 Å². The maximum atomic E-state index is 13.1. The summed E-state index contributed by atoms with van der Waals surface area (Å²) in [6, 6.07) is 6.46. The van der Waals surface area contributed by atoms with Gasteiger partial charge < -0.3 is 10.6 Å². The molecule has 0 radical (unpaired) electrons. The summed E-state index contributed by atoms with van der Waals surface area (Å²) >= 11 is 0. The van der Waals surface area contributed by atoms with Crippen molar-refractivity contribution in [1.29, 1.82) is 0 Å². The third-order valence-corrected chi connectivity index (χ3v) is 4.43. The Morgan fingerprint density at radius 1 is 1.12 bits per heavy atom. The minimum Gasteiger partial charge on any atom is -0.369 e. The maximum absolute atomic E-state index is 13.1. The Balaban J connectivity index is 2.07. The molecule has 2 rings (SSSR count). The first kappa shape index (κ1) is 18.4. The van der Waals surface area contributed by atoms with Crippen LogP contribution in [-0.2, 0) is 16.1 Å². The quantitative estimate of drug-likeness (QED) is 0.828. The summed E-state index contributed by atoms with van der Waals surface area (Å²) < 4.78 is 13.1. The van der Waals surface area contributed by atoms with Crippen molar-refractivity contribution >= 4 is 11.8 Å². The number of hydrogen-bond donors (Lipinski definition) is 1. The van der Waals surface area contributed by atoms with Crippen LogP contribution in [0.25, 0.3) is 0 Å². The van der Waals surface area contributed by atoms with Crippen LogP contribution >= 0.6 is 0 Å². The highest BCUT2D eigenvalue weighted by molar-refractivity contribution is 5.80. The number of carbonyl (C=O) groups excluding carboxylic acids is 2. The van der Waals surface area contributed by atoms with Gasteiger partial charge in [0.15, 0.2) is 0 Å². The predicted molar refractivity (Wildman–Crippen MR) is 90.5 cm³/mol. The van der Waals surface area contributed by atoms with Crippen LogP contribution in [0.3, 0.4) is 0 Å². The zero-order valence-electron chi connectivity index (χ0n) is 14.2. The van der Waals surface area contributed by atoms with Gasteiger partial charge in [-0.25, -0.2) is 4.39 Å². The Morgan fingerprint density at radius 3 is 2.33 bits per heavy atom. The smallest absolute Gasteiger partial charge is 0.237 e. The third-order valence-electron chi connectivity index (χ3n) is 4.43. The van der Waals surface area contributed by atoms with Crippen LogP contribution in [0, 0.1) is 5.82 Å². The second-order valence-electron chi connectivity index (χ2n) is 6.58. The molecule has 5 nitrogen and oxygen atoms in total. The molecule has 0 saturated heterocycles. The Hall–Kier alpha value is -1.95. The number of amides is 2. The second-order valence-corrected chi connectivity index (χ2v) is 6.58. The monoisotopic (exact) mass is 335 g/mol. The highest BCUT2D eigenvalue weighted by Gasteiger charge is 2.26. The van der Waals surface area contributed by atoms with Crippen LogP contribution in [0.2, 0.25) is 0 Å². The van der Waals surface area contributed by atoms with Crippen molar-refractivity contribution in [2.75, 3.05) is 20.1 Å². The molecule has 24 heavy (non-hydrogen) atoms. The summed E-state index contributed by atoms with van der Waals surface area (Å²) in [7, 11) is 1.71. The van der Waals surface area contributed by atoms with E-state index in [2.05, 4.69) is 0 Å². The second kappa shape index (κ2) is 8.78. The number of rotatable bonds is 7. The van der Waals surface area contributed by atoms with E-state index in [0.29, 0.717) is 6.54 Å². The van der Waals surface area contributed by atoms with E-state index < -0.39 is 5.91 Å². The van der Waals surface area contributed by atoms with Gasteiger partial charge in [-0.2, -0.15) is 0 Å². The van der Waals surface area contributed by atoms with Crippen molar-refractivity contribution in [2.24, 2.45) is 5.73 Å². The van der Waals surface area contributed by atoms with Gasteiger partial charge >= 0.3 is 0 Å². The number of carbonyl (C=O) groups is 2. The molecule has 0 aliphatic heterocycles. The van der Waals surface area contributed by atoms with E-state index >= 15 is 0 Å². The zero-order valence-corrected chi connectivity index (χ0v) is 14.2. The van der Waals surface area contributed by atoms with Gasteiger partial charge in [0.2, 0.25) is 11.8 Å². The minimum atomic E-state index is -0.451. The average Bonchev–Trinajstić information content (AvgIpc) is 2.54. The number of halogens is 1. The first-order chi connectivity index (χ1) is 11.5. The van der Waals surface area contributed by atoms with Crippen LogP contribution in [-0.4, -0.2) is 47.8 Å². The molecule has 2 amide bonds. The van der Waals surface area contributed by atoms with Crippen molar-refractivity contribution in [3.05, 3.63) is 35.6 Å². The van der Waals surface area contributed by atoms with E-state index in [-0.39, 0.29) is 30.9 Å². The van der Waals surface area contributed by atoms with Crippen molar-refractivity contribution < 1.29 is 14.0 Å². The van der Waals surface area contributed by atoms with Gasteiger partial charge in [0.1, 0.15) is 5.82 Å². The summed E-state index contributed by atoms with van der Waals surface area (Å²) in [5.74, 6) is -0.751. The van der Waals surface area contributed by atoms with Crippen LogP contribution in [0.5, 0.6) is 0 Å². The standard InChI is InChI=1S/C18H26FN3O2/c1-21(12-17(20)23)13-18(24)22(16-5-3-2-4-6-16)11-14-7-9-15(19)10-8-14/h7-10,16H,2-6,11-13H2,1H3,(H2,20,23). The molecule has 6 heteroatoms. The van der Waals surface area contributed by atoms with Crippen molar-refractivity contribution in [3.63, 3.8) is 0 Å². The molecule has 1 aliphatic carbocycles. The summed E-state index contributed by atoms with van der Waals surface area (Å²) in [5, 5.41) is 0. The zero-order chi connectivity index (χ0) is 17.5. The van der Waals surface area contributed by atoms with Gasteiger partial charge in [0.05, 0.1) is 13.1 Å². The average molecular weight is 335 g/mol. The molecule has 0 atom stereocenters. The van der Waals surface area contributed by atoms with E-state index in [4.69, 9.17) is 5.73 Å². The maximum Gasteiger partial charge on any atom is 0.237 e. The van der Waals surface area contributed by atoms with E-state index in [1.807, 2.05) is 4.90 Å². The lowest BCUT2D eigenvalue weighted by Crippen LogP contribution is -2.46. The van der Waals surface area contributed by atoms with Crippen LogP contribution in [0.4, 0.5) is 4.39 Å². The van der Waals surface area contributed by atoms with Gasteiger partial charge in [-0.15, -0.1) is 0 Å². The predicted octanol–water partition coefficient (Wildman–Crippen LogP) is 1.90. The third kappa shape index (κ3) is 5.60. The molecular formula is C18H26FN3O2. The van der Waals surface area contributed by atoms with E-state index in [1.165, 1.54) is 18.6 Å². The number of benzene rings is 1. The van der Waals surface area contributed by atoms with Crippen LogP contribution in [0.15, 0.2) is 24.3 Å². The number of nitrogens with two attached hydrogens (primary N) is 1. The van der Waals surface area contributed by atoms with Crippen molar-refractivity contribution in [2.45, 2.75) is 44.7 Å². The summed E-state index contributed by atoms with van der Waals surface area (Å²) in [6.07, 6.45) is 5.43. The molecule has 1 fully saturated rings. The van der Waals surface area contributed by atoms with Crippen LogP contribution < -0.4 is 5.73 Å². The molecule has 0 spiro atoms. The topological polar surface area (TPSA) is 66.6 Å². The van der Waals surface area contributed by atoms with Gasteiger partial charge in [0, 0.05) is 12.6 Å². The highest BCUT2D eigenvalue weighted by Crippen LogP contribution is 2.24. The fraction of sp³-hybridized carbons (Fsp3) is 0.556. The number of primary amides is 1. The molecule has 2 N–H and O–H groups in total. The Morgan fingerprint density at radius 2 is 1.75 bits per heavy atom. The fourth-order valence-corrected chi connectivity index (χ4v) is 3.24. The minimum absolute atomic E-state index is 0.0185. The lowest BCUT2D eigenvalue weighted by Gasteiger charge is -2.35. The normalized spacial score (nSPS) is 15.5. The Kier molecular flexibility index (Phi) is 6.73. The number of nitrogens with zero attached hydrogens (tertiary/aromatic N) is 2. The molecule has 0 aromatic heterocycles. The molecule has 1 aliphatic rings. The highest BCUT2D eigenvalue weighted by atomic mass is 19.1. The van der Waals surface area contributed by atoms with Gasteiger partial charge in [-0.3, -0.25) is 14.5 Å². The fourth-order valence-electron chi connectivity index (χ4n) is 3.24. The van der Waals surface area contributed by atoms with E-state index in [1.54, 1.807) is 24.1 Å². The number of hydrogen-bond acceptors (Lipinski definition) is 3. The van der Waals surface area contributed by atoms with E-state index in [0.717, 1.165) is 31.2 Å². The van der Waals surface area contributed by atoms with Crippen molar-refractivity contribution in [3.8, 4) is 0 Å². The molecule has 1 aromatic carbocycles. The lowest BCUT2D eigenvalue weighted by molar-refractivity contribution is -0.136. The molecule has 132 valence electrons. The molecule has 0 heterocycles. The van der Waals surface area contributed by atoms with E-state index in [9.17, 15) is 14.0 Å². The largest absolute Gasteiger partial charge is 0.369 e. The van der Waals surface area contributed by atoms with Crippen LogP contribution in [0.1, 0.15) is 37.7 Å². The Labute approximate surface area is 142 Å². The summed E-state index contributed by atoms with van der Waals surface area (Å²) in [4.78, 5) is 27.3. The molecule has 1 aromatic rings. The molecule has 0 unspecified atom stereocenters.